The Morgan fingerprint density at radius 3 is 2.53 bits per heavy atom. The predicted molar refractivity (Wildman–Crippen MR) is 58.3 cm³/mol. The summed E-state index contributed by atoms with van der Waals surface area (Å²) in [5.74, 6) is 1.29. The molecule has 3 heteroatoms. The van der Waals surface area contributed by atoms with E-state index in [1.165, 1.54) is 25.7 Å². The number of likely N-dealkylation sites (tertiary alicyclic amines) is 1. The van der Waals surface area contributed by atoms with Crippen molar-refractivity contribution in [2.45, 2.75) is 38.5 Å². The molecule has 15 heavy (non-hydrogen) atoms. The minimum Gasteiger partial charge on any atom is -0.396 e. The summed E-state index contributed by atoms with van der Waals surface area (Å²) in [6, 6.07) is 0. The fourth-order valence-corrected chi connectivity index (χ4v) is 2.80. The van der Waals surface area contributed by atoms with Gasteiger partial charge in [0.2, 0.25) is 5.91 Å². The second-order valence-corrected chi connectivity index (χ2v) is 5.03. The minimum absolute atomic E-state index is 0.229. The molecule has 0 aromatic heterocycles. The van der Waals surface area contributed by atoms with Crippen molar-refractivity contribution in [2.75, 3.05) is 19.7 Å². The SMILES string of the molecule is O=C(CC1CCCC1)N1CCC(CO)C1. The van der Waals surface area contributed by atoms with Gasteiger partial charge in [-0.05, 0) is 25.2 Å². The van der Waals surface area contributed by atoms with Gasteiger partial charge in [-0.1, -0.05) is 12.8 Å². The number of carbonyl (C=O) groups excluding carboxylic acids is 1. The topological polar surface area (TPSA) is 40.5 Å². The summed E-state index contributed by atoms with van der Waals surface area (Å²) in [4.78, 5) is 13.9. The quantitative estimate of drug-likeness (QED) is 0.766. The van der Waals surface area contributed by atoms with Crippen LogP contribution in [-0.2, 0) is 4.79 Å². The highest BCUT2D eigenvalue weighted by Crippen LogP contribution is 2.29. The first-order valence-corrected chi connectivity index (χ1v) is 6.18. The van der Waals surface area contributed by atoms with Crippen molar-refractivity contribution in [3.63, 3.8) is 0 Å². The zero-order valence-corrected chi connectivity index (χ0v) is 9.32. The van der Waals surface area contributed by atoms with Crippen molar-refractivity contribution in [2.24, 2.45) is 11.8 Å². The number of amides is 1. The van der Waals surface area contributed by atoms with Crippen LogP contribution in [-0.4, -0.2) is 35.6 Å². The third-order valence-corrected chi connectivity index (χ3v) is 3.83. The van der Waals surface area contributed by atoms with E-state index < -0.39 is 0 Å². The lowest BCUT2D eigenvalue weighted by molar-refractivity contribution is -0.131. The van der Waals surface area contributed by atoms with E-state index in [4.69, 9.17) is 5.11 Å². The van der Waals surface area contributed by atoms with Crippen LogP contribution in [0.5, 0.6) is 0 Å². The molecule has 1 aliphatic heterocycles. The molecule has 1 saturated carbocycles. The van der Waals surface area contributed by atoms with Gasteiger partial charge in [0.15, 0.2) is 0 Å². The van der Waals surface area contributed by atoms with Crippen molar-refractivity contribution < 1.29 is 9.90 Å². The number of hydrogen-bond acceptors (Lipinski definition) is 2. The largest absolute Gasteiger partial charge is 0.396 e. The molecule has 0 bridgehead atoms. The summed E-state index contributed by atoms with van der Waals surface area (Å²) in [5.41, 5.74) is 0. The van der Waals surface area contributed by atoms with E-state index in [0.29, 0.717) is 17.7 Å². The van der Waals surface area contributed by atoms with E-state index in [9.17, 15) is 4.79 Å². The standard InChI is InChI=1S/C12H21NO2/c14-9-11-5-6-13(8-11)12(15)7-10-3-1-2-4-10/h10-11,14H,1-9H2. The first kappa shape index (κ1) is 10.9. The van der Waals surface area contributed by atoms with E-state index in [-0.39, 0.29) is 6.61 Å². The molecule has 0 radical (unpaired) electrons. The van der Waals surface area contributed by atoms with Gasteiger partial charge in [0.1, 0.15) is 0 Å². The van der Waals surface area contributed by atoms with Gasteiger partial charge in [0.25, 0.3) is 0 Å². The van der Waals surface area contributed by atoms with Crippen LogP contribution in [0, 0.1) is 11.8 Å². The summed E-state index contributed by atoms with van der Waals surface area (Å²) in [6.07, 6.45) is 6.81. The molecule has 2 rings (SSSR count). The minimum atomic E-state index is 0.229. The number of hydrogen-bond donors (Lipinski definition) is 1. The highest BCUT2D eigenvalue weighted by molar-refractivity contribution is 5.76. The van der Waals surface area contributed by atoms with Crippen LogP contribution in [0.3, 0.4) is 0 Å². The van der Waals surface area contributed by atoms with Crippen LogP contribution in [0.1, 0.15) is 38.5 Å². The average molecular weight is 211 g/mol. The fourth-order valence-electron chi connectivity index (χ4n) is 2.80. The average Bonchev–Trinajstić information content (AvgIpc) is 2.86. The molecule has 1 atom stereocenters. The van der Waals surface area contributed by atoms with Crippen LogP contribution in [0.25, 0.3) is 0 Å². The van der Waals surface area contributed by atoms with Gasteiger partial charge in [-0.15, -0.1) is 0 Å². The molecule has 3 nitrogen and oxygen atoms in total. The first-order valence-electron chi connectivity index (χ1n) is 6.18. The monoisotopic (exact) mass is 211 g/mol. The molecule has 2 fully saturated rings. The van der Waals surface area contributed by atoms with E-state index in [0.717, 1.165) is 25.9 Å². The number of aliphatic hydroxyl groups is 1. The van der Waals surface area contributed by atoms with Crippen LogP contribution in [0.15, 0.2) is 0 Å². The molecule has 1 heterocycles. The fraction of sp³-hybridized carbons (Fsp3) is 0.917. The molecule has 0 aromatic carbocycles. The third-order valence-electron chi connectivity index (χ3n) is 3.83. The molecule has 1 unspecified atom stereocenters. The van der Waals surface area contributed by atoms with E-state index in [1.807, 2.05) is 4.90 Å². The summed E-state index contributed by atoms with van der Waals surface area (Å²) >= 11 is 0. The summed E-state index contributed by atoms with van der Waals surface area (Å²) in [6.45, 7) is 1.87. The number of carbonyl (C=O) groups is 1. The van der Waals surface area contributed by atoms with Crippen molar-refractivity contribution in [1.29, 1.82) is 0 Å². The maximum absolute atomic E-state index is 11.9. The zero-order valence-electron chi connectivity index (χ0n) is 9.32. The Kier molecular flexibility index (Phi) is 3.62. The van der Waals surface area contributed by atoms with Gasteiger partial charge in [0.05, 0.1) is 0 Å². The van der Waals surface area contributed by atoms with Gasteiger partial charge >= 0.3 is 0 Å². The maximum atomic E-state index is 11.9. The van der Waals surface area contributed by atoms with Gasteiger partial charge in [-0.25, -0.2) is 0 Å². The van der Waals surface area contributed by atoms with Crippen LogP contribution < -0.4 is 0 Å². The molecule has 1 N–H and O–H groups in total. The Hall–Kier alpha value is -0.570. The highest BCUT2D eigenvalue weighted by Gasteiger charge is 2.27. The molecular weight excluding hydrogens is 190 g/mol. The zero-order chi connectivity index (χ0) is 10.7. The molecule has 1 aliphatic carbocycles. The molecule has 0 aromatic rings. The normalized spacial score (nSPS) is 27.5. The lowest BCUT2D eigenvalue weighted by atomic mass is 10.0. The van der Waals surface area contributed by atoms with Crippen LogP contribution in [0.2, 0.25) is 0 Å². The maximum Gasteiger partial charge on any atom is 0.222 e. The van der Waals surface area contributed by atoms with Crippen molar-refractivity contribution in [3.8, 4) is 0 Å². The number of nitrogens with zero attached hydrogens (tertiary/aromatic N) is 1. The molecule has 86 valence electrons. The molecular formula is C12H21NO2. The lowest BCUT2D eigenvalue weighted by Gasteiger charge is -2.18. The summed E-state index contributed by atoms with van der Waals surface area (Å²) in [7, 11) is 0. The third kappa shape index (κ3) is 2.71. The van der Waals surface area contributed by atoms with E-state index >= 15 is 0 Å². The second kappa shape index (κ2) is 4.97. The molecule has 2 aliphatic rings. The lowest BCUT2D eigenvalue weighted by Crippen LogP contribution is -2.30. The Bertz CT molecular complexity index is 224. The Morgan fingerprint density at radius 2 is 1.93 bits per heavy atom. The molecule has 0 spiro atoms. The smallest absolute Gasteiger partial charge is 0.222 e. The highest BCUT2D eigenvalue weighted by atomic mass is 16.3. The molecule has 1 saturated heterocycles. The Balaban J connectivity index is 1.76. The van der Waals surface area contributed by atoms with E-state index in [2.05, 4.69) is 0 Å². The number of aliphatic hydroxyl groups excluding tert-OH is 1. The van der Waals surface area contributed by atoms with Crippen molar-refractivity contribution in [3.05, 3.63) is 0 Å². The second-order valence-electron chi connectivity index (χ2n) is 5.03. The van der Waals surface area contributed by atoms with Crippen molar-refractivity contribution >= 4 is 5.91 Å². The summed E-state index contributed by atoms with van der Waals surface area (Å²) < 4.78 is 0. The van der Waals surface area contributed by atoms with Gasteiger partial charge in [-0.2, -0.15) is 0 Å². The van der Waals surface area contributed by atoms with Gasteiger partial charge in [0, 0.05) is 32.0 Å². The predicted octanol–water partition coefficient (Wildman–Crippen LogP) is 1.41. The number of rotatable bonds is 3. The van der Waals surface area contributed by atoms with Crippen molar-refractivity contribution in [1.82, 2.24) is 4.90 Å². The summed E-state index contributed by atoms with van der Waals surface area (Å²) in [5, 5.41) is 9.01. The Morgan fingerprint density at radius 1 is 1.20 bits per heavy atom. The van der Waals surface area contributed by atoms with Crippen LogP contribution in [0.4, 0.5) is 0 Å². The first-order chi connectivity index (χ1) is 7.29. The Labute approximate surface area is 91.5 Å². The van der Waals surface area contributed by atoms with E-state index in [1.54, 1.807) is 0 Å². The van der Waals surface area contributed by atoms with Gasteiger partial charge < -0.3 is 10.0 Å². The van der Waals surface area contributed by atoms with Crippen LogP contribution >= 0.6 is 0 Å². The molecule has 1 amide bonds. The van der Waals surface area contributed by atoms with Gasteiger partial charge in [-0.3, -0.25) is 4.79 Å².